The zero-order valence-corrected chi connectivity index (χ0v) is 17.2. The molecule has 156 valence electrons. The molecule has 3 aromatic rings. The van der Waals surface area contributed by atoms with Crippen LogP contribution < -0.4 is 5.32 Å². The Morgan fingerprint density at radius 2 is 1.83 bits per heavy atom. The second-order valence-electron chi connectivity index (χ2n) is 7.00. The lowest BCUT2D eigenvalue weighted by molar-refractivity contribution is -0.122. The third-order valence-corrected chi connectivity index (χ3v) is 5.36. The smallest absolute Gasteiger partial charge is 0.243 e. The van der Waals surface area contributed by atoms with Gasteiger partial charge in [-0.05, 0) is 16.8 Å². The molecule has 0 saturated carbocycles. The van der Waals surface area contributed by atoms with Gasteiger partial charge >= 0.3 is 0 Å². The molecule has 4 rings (SSSR count). The van der Waals surface area contributed by atoms with Gasteiger partial charge < -0.3 is 10.1 Å². The van der Waals surface area contributed by atoms with E-state index in [4.69, 9.17) is 16.3 Å². The molecule has 1 fully saturated rings. The number of hydrogen-bond donors (Lipinski definition) is 1. The summed E-state index contributed by atoms with van der Waals surface area (Å²) in [6.07, 6.45) is 0. The van der Waals surface area contributed by atoms with Gasteiger partial charge in [0.05, 0.1) is 19.3 Å². The van der Waals surface area contributed by atoms with Crippen LogP contribution in [0.5, 0.6) is 0 Å². The van der Waals surface area contributed by atoms with E-state index in [-0.39, 0.29) is 18.5 Å². The van der Waals surface area contributed by atoms with Crippen molar-refractivity contribution < 1.29 is 9.53 Å². The maximum Gasteiger partial charge on any atom is 0.243 e. The van der Waals surface area contributed by atoms with Crippen molar-refractivity contribution in [3.63, 3.8) is 0 Å². The zero-order chi connectivity index (χ0) is 20.8. The minimum Gasteiger partial charge on any atom is -0.379 e. The number of rotatable bonds is 7. The highest BCUT2D eigenvalue weighted by atomic mass is 35.5. The SMILES string of the molecule is O=C(Cn1nnc(-c2ccccc2)n1)NCC(c1ccccc1Cl)N1CCOCC1. The first-order chi connectivity index (χ1) is 14.7. The Balaban J connectivity index is 1.40. The molecular weight excluding hydrogens is 404 g/mol. The van der Waals surface area contributed by atoms with Crippen LogP contribution in [0.1, 0.15) is 11.6 Å². The van der Waals surface area contributed by atoms with Gasteiger partial charge in [0.2, 0.25) is 11.7 Å². The Morgan fingerprint density at radius 1 is 1.10 bits per heavy atom. The van der Waals surface area contributed by atoms with Crippen LogP contribution in [0.4, 0.5) is 0 Å². The number of aromatic nitrogens is 4. The number of nitrogens with zero attached hydrogens (tertiary/aromatic N) is 5. The van der Waals surface area contributed by atoms with Crippen LogP contribution in [0.2, 0.25) is 5.02 Å². The molecule has 1 N–H and O–H groups in total. The Hall–Kier alpha value is -2.81. The van der Waals surface area contributed by atoms with Crippen molar-refractivity contribution in [3.05, 3.63) is 65.2 Å². The van der Waals surface area contributed by atoms with E-state index in [1.807, 2.05) is 54.6 Å². The highest BCUT2D eigenvalue weighted by Gasteiger charge is 2.25. The van der Waals surface area contributed by atoms with E-state index in [0.717, 1.165) is 24.2 Å². The van der Waals surface area contributed by atoms with Crippen LogP contribution in [0.3, 0.4) is 0 Å². The lowest BCUT2D eigenvalue weighted by Gasteiger charge is -2.35. The highest BCUT2D eigenvalue weighted by molar-refractivity contribution is 6.31. The van der Waals surface area contributed by atoms with Crippen LogP contribution in [-0.4, -0.2) is 63.9 Å². The number of hydrogen-bond acceptors (Lipinski definition) is 6. The maximum absolute atomic E-state index is 12.5. The molecule has 0 bridgehead atoms. The zero-order valence-electron chi connectivity index (χ0n) is 16.4. The molecule has 2 heterocycles. The normalized spacial score (nSPS) is 15.6. The van der Waals surface area contributed by atoms with Crippen LogP contribution >= 0.6 is 11.6 Å². The lowest BCUT2D eigenvalue weighted by Crippen LogP contribution is -2.44. The Morgan fingerprint density at radius 3 is 2.60 bits per heavy atom. The molecule has 1 amide bonds. The molecule has 0 radical (unpaired) electrons. The number of benzene rings is 2. The van der Waals surface area contributed by atoms with E-state index < -0.39 is 0 Å². The first-order valence-electron chi connectivity index (χ1n) is 9.87. The summed E-state index contributed by atoms with van der Waals surface area (Å²) in [5.41, 5.74) is 1.85. The number of carbonyl (C=O) groups is 1. The molecule has 1 aromatic heterocycles. The largest absolute Gasteiger partial charge is 0.379 e. The number of morpholine rings is 1. The molecule has 8 nitrogen and oxygen atoms in total. The molecule has 30 heavy (non-hydrogen) atoms. The van der Waals surface area contributed by atoms with Gasteiger partial charge in [0.25, 0.3) is 0 Å². The molecule has 1 atom stereocenters. The summed E-state index contributed by atoms with van der Waals surface area (Å²) < 4.78 is 5.47. The molecule has 1 unspecified atom stereocenters. The van der Waals surface area contributed by atoms with Gasteiger partial charge in [0, 0.05) is 30.2 Å². The predicted molar refractivity (Wildman–Crippen MR) is 113 cm³/mol. The van der Waals surface area contributed by atoms with Gasteiger partial charge in [-0.1, -0.05) is 60.1 Å². The van der Waals surface area contributed by atoms with Gasteiger partial charge in [0.15, 0.2) is 0 Å². The summed E-state index contributed by atoms with van der Waals surface area (Å²) in [5.74, 6) is 0.308. The fourth-order valence-electron chi connectivity index (χ4n) is 3.48. The van der Waals surface area contributed by atoms with Gasteiger partial charge in [-0.15, -0.1) is 10.2 Å². The number of tetrazole rings is 1. The fraction of sp³-hybridized carbons (Fsp3) is 0.333. The van der Waals surface area contributed by atoms with Gasteiger partial charge in [-0.25, -0.2) is 0 Å². The molecule has 1 aliphatic rings. The number of nitrogens with one attached hydrogen (secondary N) is 1. The van der Waals surface area contributed by atoms with Crippen molar-refractivity contribution in [2.24, 2.45) is 0 Å². The second kappa shape index (κ2) is 9.80. The third kappa shape index (κ3) is 5.02. The summed E-state index contributed by atoms with van der Waals surface area (Å²) >= 11 is 6.44. The van der Waals surface area contributed by atoms with Crippen molar-refractivity contribution >= 4 is 17.5 Å². The van der Waals surface area contributed by atoms with E-state index in [9.17, 15) is 4.79 Å². The minimum absolute atomic E-state index is 0.00180. The van der Waals surface area contributed by atoms with E-state index >= 15 is 0 Å². The first kappa shape index (κ1) is 20.5. The van der Waals surface area contributed by atoms with E-state index in [1.54, 1.807) is 0 Å². The van der Waals surface area contributed by atoms with Crippen LogP contribution in [-0.2, 0) is 16.1 Å². The van der Waals surface area contributed by atoms with Crippen LogP contribution in [0.25, 0.3) is 11.4 Å². The van der Waals surface area contributed by atoms with Crippen molar-refractivity contribution in [3.8, 4) is 11.4 Å². The van der Waals surface area contributed by atoms with Crippen molar-refractivity contribution in [2.75, 3.05) is 32.8 Å². The Bertz CT molecular complexity index is 974. The van der Waals surface area contributed by atoms with Gasteiger partial charge in [-0.2, -0.15) is 4.80 Å². The van der Waals surface area contributed by atoms with Crippen molar-refractivity contribution in [1.82, 2.24) is 30.4 Å². The molecular formula is C21H23ClN6O2. The van der Waals surface area contributed by atoms with E-state index in [0.29, 0.717) is 30.6 Å². The minimum atomic E-state index is -0.183. The number of amides is 1. The number of carbonyl (C=O) groups excluding carboxylic acids is 1. The molecule has 1 aliphatic heterocycles. The summed E-state index contributed by atoms with van der Waals surface area (Å²) in [6, 6.07) is 17.2. The molecule has 1 saturated heterocycles. The third-order valence-electron chi connectivity index (χ3n) is 5.01. The molecule has 0 spiro atoms. The summed E-state index contributed by atoms with van der Waals surface area (Å²) in [7, 11) is 0. The summed E-state index contributed by atoms with van der Waals surface area (Å²) in [4.78, 5) is 16.1. The number of ether oxygens (including phenoxy) is 1. The van der Waals surface area contributed by atoms with E-state index in [1.165, 1.54) is 4.80 Å². The Kier molecular flexibility index (Phi) is 6.68. The van der Waals surface area contributed by atoms with Gasteiger partial charge in [0.1, 0.15) is 6.54 Å². The average Bonchev–Trinajstić information content (AvgIpc) is 3.25. The fourth-order valence-corrected chi connectivity index (χ4v) is 3.74. The monoisotopic (exact) mass is 426 g/mol. The van der Waals surface area contributed by atoms with Crippen LogP contribution in [0, 0.1) is 0 Å². The Labute approximate surface area is 179 Å². The maximum atomic E-state index is 12.5. The number of halogens is 1. The average molecular weight is 427 g/mol. The standard InChI is InChI=1S/C21H23ClN6O2/c22-18-9-5-4-8-17(18)19(27-10-12-30-13-11-27)14-23-20(29)15-28-25-21(24-26-28)16-6-2-1-3-7-16/h1-9,19H,10-15H2,(H,23,29). The van der Waals surface area contributed by atoms with Crippen molar-refractivity contribution in [1.29, 1.82) is 0 Å². The predicted octanol–water partition coefficient (Wildman–Crippen LogP) is 2.18. The molecule has 2 aromatic carbocycles. The quantitative estimate of drug-likeness (QED) is 0.623. The molecule has 0 aliphatic carbocycles. The summed E-state index contributed by atoms with van der Waals surface area (Å²) in [6.45, 7) is 3.34. The summed E-state index contributed by atoms with van der Waals surface area (Å²) in [5, 5.41) is 16.0. The van der Waals surface area contributed by atoms with E-state index in [2.05, 4.69) is 25.6 Å². The highest BCUT2D eigenvalue weighted by Crippen LogP contribution is 2.27. The lowest BCUT2D eigenvalue weighted by atomic mass is 10.0. The first-order valence-corrected chi connectivity index (χ1v) is 10.2. The van der Waals surface area contributed by atoms with Gasteiger partial charge in [-0.3, -0.25) is 9.69 Å². The topological polar surface area (TPSA) is 85.2 Å². The second-order valence-corrected chi connectivity index (χ2v) is 7.41. The molecule has 9 heteroatoms. The van der Waals surface area contributed by atoms with Crippen LogP contribution in [0.15, 0.2) is 54.6 Å². The van der Waals surface area contributed by atoms with Crippen molar-refractivity contribution in [2.45, 2.75) is 12.6 Å².